The van der Waals surface area contributed by atoms with Crippen LogP contribution in [0.4, 0.5) is 0 Å². The average Bonchev–Trinajstić information content (AvgIpc) is 2.86. The first kappa shape index (κ1) is 13.3. The van der Waals surface area contributed by atoms with E-state index in [1.807, 2.05) is 43.3 Å². The van der Waals surface area contributed by atoms with E-state index in [9.17, 15) is 5.11 Å². The summed E-state index contributed by atoms with van der Waals surface area (Å²) in [5.41, 5.74) is 0.809. The highest BCUT2D eigenvalue weighted by Crippen LogP contribution is 2.39. The SMILES string of the molecule is COC(C)(OC)c1ccccc1C1(O)C=CCC1. The second-order valence-corrected chi connectivity index (χ2v) is 4.76. The quantitative estimate of drug-likeness (QED) is 0.657. The van der Waals surface area contributed by atoms with Gasteiger partial charge in [-0.3, -0.25) is 0 Å². The van der Waals surface area contributed by atoms with E-state index in [0.717, 1.165) is 17.5 Å². The third-order valence-corrected chi connectivity index (χ3v) is 3.75. The highest BCUT2D eigenvalue weighted by molar-refractivity contribution is 5.39. The topological polar surface area (TPSA) is 38.7 Å². The minimum Gasteiger partial charge on any atom is -0.381 e. The van der Waals surface area contributed by atoms with Gasteiger partial charge in [0.25, 0.3) is 0 Å². The fourth-order valence-corrected chi connectivity index (χ4v) is 2.45. The molecule has 3 heteroatoms. The maximum absolute atomic E-state index is 10.7. The van der Waals surface area contributed by atoms with E-state index in [1.54, 1.807) is 14.2 Å². The molecule has 1 unspecified atom stereocenters. The predicted octanol–water partition coefficient (Wildman–Crippen LogP) is 2.69. The zero-order valence-electron chi connectivity index (χ0n) is 11.1. The molecule has 1 aliphatic carbocycles. The van der Waals surface area contributed by atoms with Gasteiger partial charge in [0.1, 0.15) is 5.60 Å². The maximum Gasteiger partial charge on any atom is 0.191 e. The minimum atomic E-state index is -0.908. The lowest BCUT2D eigenvalue weighted by Crippen LogP contribution is -2.32. The first-order valence-electron chi connectivity index (χ1n) is 6.16. The molecule has 3 nitrogen and oxygen atoms in total. The summed E-state index contributed by atoms with van der Waals surface area (Å²) in [6, 6.07) is 7.72. The fraction of sp³-hybridized carbons (Fsp3) is 0.467. The number of ether oxygens (including phenoxy) is 2. The van der Waals surface area contributed by atoms with Gasteiger partial charge in [-0.25, -0.2) is 0 Å². The number of methoxy groups -OCH3 is 2. The highest BCUT2D eigenvalue weighted by atomic mass is 16.7. The Labute approximate surface area is 108 Å². The van der Waals surface area contributed by atoms with Crippen LogP contribution in [0.5, 0.6) is 0 Å². The molecule has 0 saturated carbocycles. The molecule has 0 heterocycles. The summed E-state index contributed by atoms with van der Waals surface area (Å²) in [6.45, 7) is 1.86. The monoisotopic (exact) mass is 248 g/mol. The lowest BCUT2D eigenvalue weighted by atomic mass is 9.86. The molecule has 0 radical (unpaired) electrons. The second kappa shape index (κ2) is 4.84. The Hall–Kier alpha value is -1.16. The van der Waals surface area contributed by atoms with Gasteiger partial charge in [0.2, 0.25) is 0 Å². The van der Waals surface area contributed by atoms with E-state index < -0.39 is 11.4 Å². The Kier molecular flexibility index (Phi) is 3.57. The van der Waals surface area contributed by atoms with Gasteiger partial charge < -0.3 is 14.6 Å². The standard InChI is InChI=1S/C15H20O3/c1-14(17-2,18-3)12-8-4-5-9-13(12)15(16)10-6-7-11-15/h4-6,8-10,16H,7,11H2,1-3H3. The van der Waals surface area contributed by atoms with Crippen LogP contribution >= 0.6 is 0 Å². The van der Waals surface area contributed by atoms with Crippen molar-refractivity contribution in [3.63, 3.8) is 0 Å². The zero-order valence-corrected chi connectivity index (χ0v) is 11.1. The molecule has 18 heavy (non-hydrogen) atoms. The molecule has 0 aliphatic heterocycles. The fourth-order valence-electron chi connectivity index (χ4n) is 2.45. The highest BCUT2D eigenvalue weighted by Gasteiger charge is 2.37. The van der Waals surface area contributed by atoms with Gasteiger partial charge in [-0.05, 0) is 25.3 Å². The molecule has 1 atom stereocenters. The summed E-state index contributed by atoms with van der Waals surface area (Å²) in [5, 5.41) is 10.7. The molecule has 1 N–H and O–H groups in total. The third kappa shape index (κ3) is 2.09. The average molecular weight is 248 g/mol. The number of benzene rings is 1. The Morgan fingerprint density at radius 2 is 1.89 bits per heavy atom. The molecule has 0 spiro atoms. The zero-order chi connectivity index (χ0) is 13.2. The Bertz CT molecular complexity index is 449. The number of hydrogen-bond acceptors (Lipinski definition) is 3. The Balaban J connectivity index is 2.53. The van der Waals surface area contributed by atoms with Gasteiger partial charge >= 0.3 is 0 Å². The van der Waals surface area contributed by atoms with Crippen molar-refractivity contribution in [3.8, 4) is 0 Å². The molecular formula is C15H20O3. The predicted molar refractivity (Wildman–Crippen MR) is 70.1 cm³/mol. The van der Waals surface area contributed by atoms with E-state index in [0.29, 0.717) is 6.42 Å². The van der Waals surface area contributed by atoms with Crippen molar-refractivity contribution in [2.75, 3.05) is 14.2 Å². The van der Waals surface area contributed by atoms with Gasteiger partial charge in [0.05, 0.1) is 0 Å². The first-order chi connectivity index (χ1) is 8.56. The maximum atomic E-state index is 10.7. The van der Waals surface area contributed by atoms with Crippen molar-refractivity contribution in [1.82, 2.24) is 0 Å². The number of aliphatic hydroxyl groups is 1. The minimum absolute atomic E-state index is 0.702. The summed E-state index contributed by atoms with van der Waals surface area (Å²) < 4.78 is 10.9. The molecule has 0 fully saturated rings. The summed E-state index contributed by atoms with van der Waals surface area (Å²) >= 11 is 0. The van der Waals surface area contributed by atoms with Crippen LogP contribution in [-0.4, -0.2) is 19.3 Å². The summed E-state index contributed by atoms with van der Waals surface area (Å²) in [6.07, 6.45) is 5.46. The second-order valence-electron chi connectivity index (χ2n) is 4.76. The van der Waals surface area contributed by atoms with Crippen LogP contribution in [0.3, 0.4) is 0 Å². The molecule has 0 aromatic heterocycles. The molecule has 1 aliphatic rings. The number of rotatable bonds is 4. The van der Waals surface area contributed by atoms with Gasteiger partial charge in [0, 0.05) is 19.8 Å². The Morgan fingerprint density at radius 3 is 2.44 bits per heavy atom. The van der Waals surface area contributed by atoms with Crippen LogP contribution in [0.25, 0.3) is 0 Å². The van der Waals surface area contributed by atoms with Crippen LogP contribution < -0.4 is 0 Å². The molecule has 1 aromatic rings. The van der Waals surface area contributed by atoms with E-state index in [-0.39, 0.29) is 0 Å². The Morgan fingerprint density at radius 1 is 1.22 bits per heavy atom. The van der Waals surface area contributed by atoms with Gasteiger partial charge in [-0.1, -0.05) is 36.4 Å². The van der Waals surface area contributed by atoms with E-state index in [1.165, 1.54) is 0 Å². The van der Waals surface area contributed by atoms with E-state index in [2.05, 4.69) is 0 Å². The molecule has 2 rings (SSSR count). The van der Waals surface area contributed by atoms with E-state index >= 15 is 0 Å². The van der Waals surface area contributed by atoms with E-state index in [4.69, 9.17) is 9.47 Å². The van der Waals surface area contributed by atoms with Gasteiger partial charge in [-0.2, -0.15) is 0 Å². The van der Waals surface area contributed by atoms with Crippen molar-refractivity contribution in [2.24, 2.45) is 0 Å². The van der Waals surface area contributed by atoms with Crippen molar-refractivity contribution < 1.29 is 14.6 Å². The summed E-state index contributed by atoms with van der Waals surface area (Å²) in [5.74, 6) is -0.844. The number of allylic oxidation sites excluding steroid dienone is 1. The van der Waals surface area contributed by atoms with Crippen LogP contribution in [0.2, 0.25) is 0 Å². The summed E-state index contributed by atoms with van der Waals surface area (Å²) in [4.78, 5) is 0. The molecule has 0 saturated heterocycles. The van der Waals surface area contributed by atoms with Crippen LogP contribution in [0.15, 0.2) is 36.4 Å². The number of hydrogen-bond donors (Lipinski definition) is 1. The molecule has 98 valence electrons. The molecule has 1 aromatic carbocycles. The summed E-state index contributed by atoms with van der Waals surface area (Å²) in [7, 11) is 3.21. The van der Waals surface area contributed by atoms with Crippen molar-refractivity contribution in [2.45, 2.75) is 31.2 Å². The normalized spacial score (nSPS) is 23.6. The van der Waals surface area contributed by atoms with Crippen LogP contribution in [0.1, 0.15) is 30.9 Å². The van der Waals surface area contributed by atoms with Crippen molar-refractivity contribution >= 4 is 0 Å². The van der Waals surface area contributed by atoms with Crippen LogP contribution in [-0.2, 0) is 20.9 Å². The molecular weight excluding hydrogens is 228 g/mol. The third-order valence-electron chi connectivity index (χ3n) is 3.75. The first-order valence-corrected chi connectivity index (χ1v) is 6.16. The van der Waals surface area contributed by atoms with Gasteiger partial charge in [-0.15, -0.1) is 0 Å². The molecule has 0 amide bonds. The lowest BCUT2D eigenvalue weighted by Gasteiger charge is -2.33. The largest absolute Gasteiger partial charge is 0.381 e. The van der Waals surface area contributed by atoms with Crippen LogP contribution in [0, 0.1) is 0 Å². The lowest BCUT2D eigenvalue weighted by molar-refractivity contribution is -0.203. The van der Waals surface area contributed by atoms with Crippen molar-refractivity contribution in [1.29, 1.82) is 0 Å². The molecule has 0 bridgehead atoms. The van der Waals surface area contributed by atoms with Gasteiger partial charge in [0.15, 0.2) is 5.79 Å². The smallest absolute Gasteiger partial charge is 0.191 e. The van der Waals surface area contributed by atoms with Crippen molar-refractivity contribution in [3.05, 3.63) is 47.5 Å².